The number of carboxylic acids is 1. The van der Waals surface area contributed by atoms with Gasteiger partial charge in [-0.15, -0.1) is 11.3 Å². The summed E-state index contributed by atoms with van der Waals surface area (Å²) in [4.78, 5) is 24.0. The minimum atomic E-state index is -4.11. The maximum atomic E-state index is 12.6. The summed E-state index contributed by atoms with van der Waals surface area (Å²) in [6.45, 7) is 3.75. The molecule has 0 spiro atoms. The molecular formula is C16H18N2O5S2. The van der Waals surface area contributed by atoms with Crippen LogP contribution in [0.2, 0.25) is 0 Å². The first-order valence-corrected chi connectivity index (χ1v) is 9.75. The Kier molecular flexibility index (Phi) is 5.93. The average molecular weight is 382 g/mol. The normalized spacial score (nSPS) is 12.6. The molecule has 0 aliphatic rings. The summed E-state index contributed by atoms with van der Waals surface area (Å²) < 4.78 is 27.5. The number of benzene rings is 1. The molecule has 1 unspecified atom stereocenters. The van der Waals surface area contributed by atoms with Gasteiger partial charge in [-0.1, -0.05) is 30.3 Å². The number of nitrogens with one attached hydrogen (secondary N) is 2. The Bertz CT molecular complexity index is 875. The van der Waals surface area contributed by atoms with Crippen molar-refractivity contribution in [2.75, 3.05) is 6.54 Å². The van der Waals surface area contributed by atoms with Gasteiger partial charge >= 0.3 is 5.97 Å². The molecule has 134 valence electrons. The van der Waals surface area contributed by atoms with Gasteiger partial charge in [0, 0.05) is 11.4 Å². The van der Waals surface area contributed by atoms with Crippen LogP contribution in [-0.4, -0.2) is 31.9 Å². The van der Waals surface area contributed by atoms with Gasteiger partial charge < -0.3 is 10.4 Å². The van der Waals surface area contributed by atoms with Crippen LogP contribution in [0.4, 0.5) is 0 Å². The number of carbonyl (C=O) groups is 2. The van der Waals surface area contributed by atoms with Gasteiger partial charge in [0.25, 0.3) is 5.91 Å². The minimum absolute atomic E-state index is 0.0964. The number of hydrogen-bond acceptors (Lipinski definition) is 5. The maximum Gasteiger partial charge on any atom is 0.326 e. The Morgan fingerprint density at radius 1 is 1.24 bits per heavy atom. The second kappa shape index (κ2) is 7.77. The molecule has 1 heterocycles. The van der Waals surface area contributed by atoms with E-state index in [-0.39, 0.29) is 15.7 Å². The summed E-state index contributed by atoms with van der Waals surface area (Å²) in [5.41, 5.74) is 0.315. The van der Waals surface area contributed by atoms with E-state index < -0.39 is 22.0 Å². The van der Waals surface area contributed by atoms with Crippen LogP contribution in [0.15, 0.2) is 41.3 Å². The van der Waals surface area contributed by atoms with Crippen LogP contribution in [0, 0.1) is 6.92 Å². The molecule has 0 bridgehead atoms. The summed E-state index contributed by atoms with van der Waals surface area (Å²) in [7, 11) is -4.11. The Hall–Kier alpha value is -2.23. The zero-order chi connectivity index (χ0) is 18.6. The third kappa shape index (κ3) is 4.44. The lowest BCUT2D eigenvalue weighted by Gasteiger charge is -2.15. The average Bonchev–Trinajstić information content (AvgIpc) is 2.96. The molecule has 0 saturated carbocycles. The second-order valence-corrected chi connectivity index (χ2v) is 8.13. The topological polar surface area (TPSA) is 113 Å². The highest BCUT2D eigenvalue weighted by Gasteiger charge is 2.29. The highest BCUT2D eigenvalue weighted by Crippen LogP contribution is 2.27. The molecule has 7 nitrogen and oxygen atoms in total. The van der Waals surface area contributed by atoms with E-state index in [4.69, 9.17) is 0 Å². The Labute approximate surface area is 149 Å². The van der Waals surface area contributed by atoms with Crippen LogP contribution in [0.25, 0.3) is 0 Å². The SMILES string of the molecule is CCNC(=O)c1cc(S(=O)(=O)NC(C(=O)O)c2ccccc2)c(C)s1. The molecule has 9 heteroatoms. The van der Waals surface area contributed by atoms with E-state index in [0.717, 1.165) is 11.3 Å². The van der Waals surface area contributed by atoms with E-state index in [9.17, 15) is 23.1 Å². The van der Waals surface area contributed by atoms with E-state index in [1.807, 2.05) is 0 Å². The first-order chi connectivity index (χ1) is 11.8. The standard InChI is InChI=1S/C16H18N2O5S2/c1-3-17-15(19)12-9-13(10(2)24-12)25(22,23)18-14(16(20)21)11-7-5-4-6-8-11/h4-9,14,18H,3H2,1-2H3,(H,17,19)(H,20,21). The summed E-state index contributed by atoms with van der Waals surface area (Å²) in [5.74, 6) is -1.68. The largest absolute Gasteiger partial charge is 0.480 e. The van der Waals surface area contributed by atoms with Crippen molar-refractivity contribution < 1.29 is 23.1 Å². The quantitative estimate of drug-likeness (QED) is 0.677. The molecule has 3 N–H and O–H groups in total. The first kappa shape index (κ1) is 19.1. The van der Waals surface area contributed by atoms with Crippen LogP contribution in [-0.2, 0) is 14.8 Å². The van der Waals surface area contributed by atoms with E-state index in [1.54, 1.807) is 32.0 Å². The predicted octanol–water partition coefficient (Wildman–Crippen LogP) is 1.91. The molecule has 1 aromatic heterocycles. The molecule has 0 fully saturated rings. The van der Waals surface area contributed by atoms with Gasteiger partial charge in [0.15, 0.2) is 0 Å². The monoisotopic (exact) mass is 382 g/mol. The highest BCUT2D eigenvalue weighted by atomic mass is 32.2. The molecule has 0 aliphatic carbocycles. The van der Waals surface area contributed by atoms with E-state index in [0.29, 0.717) is 17.0 Å². The second-order valence-electron chi connectivity index (χ2n) is 5.19. The highest BCUT2D eigenvalue weighted by molar-refractivity contribution is 7.89. The van der Waals surface area contributed by atoms with Gasteiger partial charge in [-0.2, -0.15) is 4.72 Å². The fraction of sp³-hybridized carbons (Fsp3) is 0.250. The molecular weight excluding hydrogens is 364 g/mol. The van der Waals surface area contributed by atoms with Crippen molar-refractivity contribution in [3.8, 4) is 0 Å². The van der Waals surface area contributed by atoms with Crippen molar-refractivity contribution in [3.63, 3.8) is 0 Å². The van der Waals surface area contributed by atoms with Gasteiger partial charge in [-0.25, -0.2) is 8.42 Å². The molecule has 1 amide bonds. The molecule has 2 rings (SSSR count). The zero-order valence-electron chi connectivity index (χ0n) is 13.6. The fourth-order valence-corrected chi connectivity index (χ4v) is 4.90. The Balaban J connectivity index is 2.35. The van der Waals surface area contributed by atoms with Crippen molar-refractivity contribution in [1.29, 1.82) is 0 Å². The van der Waals surface area contributed by atoms with E-state index in [1.165, 1.54) is 18.2 Å². The molecule has 2 aromatic rings. The summed E-state index contributed by atoms with van der Waals surface area (Å²) in [6, 6.07) is 7.86. The number of amides is 1. The third-order valence-electron chi connectivity index (χ3n) is 3.38. The number of hydrogen-bond donors (Lipinski definition) is 3. The number of rotatable bonds is 7. The first-order valence-electron chi connectivity index (χ1n) is 7.45. The molecule has 0 saturated heterocycles. The third-order valence-corrected chi connectivity index (χ3v) is 6.10. The van der Waals surface area contributed by atoms with Crippen LogP contribution in [0.1, 0.15) is 33.1 Å². The van der Waals surface area contributed by atoms with Gasteiger partial charge in [-0.05, 0) is 25.5 Å². The molecule has 1 atom stereocenters. The van der Waals surface area contributed by atoms with Crippen molar-refractivity contribution in [2.24, 2.45) is 0 Å². The minimum Gasteiger partial charge on any atom is -0.480 e. The molecule has 1 aromatic carbocycles. The smallest absolute Gasteiger partial charge is 0.326 e. The van der Waals surface area contributed by atoms with Crippen LogP contribution in [0.3, 0.4) is 0 Å². The lowest BCUT2D eigenvalue weighted by molar-refractivity contribution is -0.139. The van der Waals surface area contributed by atoms with Crippen molar-refractivity contribution in [2.45, 2.75) is 24.8 Å². The maximum absolute atomic E-state index is 12.6. The summed E-state index contributed by atoms with van der Waals surface area (Å²) >= 11 is 1.04. The van der Waals surface area contributed by atoms with Gasteiger partial charge in [-0.3, -0.25) is 9.59 Å². The van der Waals surface area contributed by atoms with Crippen molar-refractivity contribution in [1.82, 2.24) is 10.0 Å². The number of thiophene rings is 1. The summed E-state index contributed by atoms with van der Waals surface area (Å²) in [6.07, 6.45) is 0. The van der Waals surface area contributed by atoms with E-state index in [2.05, 4.69) is 10.0 Å². The fourth-order valence-electron chi connectivity index (χ4n) is 2.22. The van der Waals surface area contributed by atoms with Gasteiger partial charge in [0.2, 0.25) is 10.0 Å². The van der Waals surface area contributed by atoms with Crippen LogP contribution < -0.4 is 10.0 Å². The number of aryl methyl sites for hydroxylation is 1. The molecule has 0 radical (unpaired) electrons. The number of carbonyl (C=O) groups excluding carboxylic acids is 1. The van der Waals surface area contributed by atoms with Crippen molar-refractivity contribution >= 4 is 33.2 Å². The van der Waals surface area contributed by atoms with Crippen molar-refractivity contribution in [3.05, 3.63) is 51.7 Å². The Morgan fingerprint density at radius 3 is 2.44 bits per heavy atom. The molecule has 25 heavy (non-hydrogen) atoms. The lowest BCUT2D eigenvalue weighted by Crippen LogP contribution is -2.33. The van der Waals surface area contributed by atoms with Gasteiger partial charge in [0.05, 0.1) is 9.77 Å². The molecule has 0 aliphatic heterocycles. The Morgan fingerprint density at radius 2 is 1.88 bits per heavy atom. The van der Waals surface area contributed by atoms with Crippen LogP contribution in [0.5, 0.6) is 0 Å². The van der Waals surface area contributed by atoms with E-state index >= 15 is 0 Å². The lowest BCUT2D eigenvalue weighted by atomic mass is 10.1. The number of aliphatic carboxylic acids is 1. The van der Waals surface area contributed by atoms with Crippen LogP contribution >= 0.6 is 11.3 Å². The number of sulfonamides is 1. The van der Waals surface area contributed by atoms with Gasteiger partial charge in [0.1, 0.15) is 6.04 Å². The number of carboxylic acid groups (broad SMARTS) is 1. The zero-order valence-corrected chi connectivity index (χ0v) is 15.3. The predicted molar refractivity (Wildman–Crippen MR) is 94.2 cm³/mol. The summed E-state index contributed by atoms with van der Waals surface area (Å²) in [5, 5.41) is 12.0.